The van der Waals surface area contributed by atoms with E-state index in [1.807, 2.05) is 10.7 Å². The Balaban J connectivity index is 2.02. The van der Waals surface area contributed by atoms with Crippen molar-refractivity contribution in [3.8, 4) is 0 Å². The van der Waals surface area contributed by atoms with Gasteiger partial charge in [-0.2, -0.15) is 18.3 Å². The highest BCUT2D eigenvalue weighted by Gasteiger charge is 2.31. The number of hydrazone groups is 1. The monoisotopic (exact) mass is 437 g/mol. The molecule has 0 spiro atoms. The van der Waals surface area contributed by atoms with Crippen LogP contribution < -0.4 is 10.7 Å². The van der Waals surface area contributed by atoms with Gasteiger partial charge < -0.3 is 5.32 Å². The largest absolute Gasteiger partial charge is 0.416 e. The van der Waals surface area contributed by atoms with Gasteiger partial charge in [-0.1, -0.05) is 40.9 Å². The smallest absolute Gasteiger partial charge is 0.316 e. The van der Waals surface area contributed by atoms with Crippen molar-refractivity contribution in [2.75, 3.05) is 5.32 Å². The van der Waals surface area contributed by atoms with Crippen LogP contribution in [-0.4, -0.2) is 18.0 Å². The SMILES string of the molecule is O=C(NN=Cc1ccc(Cl)c(Cl)c1)C(=O)Nc1cc(C(F)(F)F)ccc1Cl. The summed E-state index contributed by atoms with van der Waals surface area (Å²) in [4.78, 5) is 23.5. The fraction of sp³-hybridized carbons (Fsp3) is 0.0625. The third-order valence-electron chi connectivity index (χ3n) is 3.07. The first-order chi connectivity index (χ1) is 12.6. The fourth-order valence-electron chi connectivity index (χ4n) is 1.79. The molecule has 2 aromatic rings. The van der Waals surface area contributed by atoms with Crippen LogP contribution in [0.15, 0.2) is 41.5 Å². The normalized spacial score (nSPS) is 11.5. The topological polar surface area (TPSA) is 70.6 Å². The number of carbonyl (C=O) groups is 2. The van der Waals surface area contributed by atoms with Gasteiger partial charge in [-0.15, -0.1) is 0 Å². The summed E-state index contributed by atoms with van der Waals surface area (Å²) in [6.07, 6.45) is -3.43. The van der Waals surface area contributed by atoms with Crippen LogP contribution in [0, 0.1) is 0 Å². The van der Waals surface area contributed by atoms with E-state index in [1.165, 1.54) is 18.3 Å². The molecule has 2 aromatic carbocycles. The molecule has 0 bridgehead atoms. The molecule has 2 amide bonds. The van der Waals surface area contributed by atoms with Gasteiger partial charge in [-0.25, -0.2) is 5.43 Å². The fourth-order valence-corrected chi connectivity index (χ4v) is 2.26. The summed E-state index contributed by atoms with van der Waals surface area (Å²) in [5, 5.41) is 5.98. The maximum atomic E-state index is 12.7. The second-order valence-corrected chi connectivity index (χ2v) is 6.24. The van der Waals surface area contributed by atoms with Crippen molar-refractivity contribution in [2.24, 2.45) is 5.10 Å². The second kappa shape index (κ2) is 8.60. The molecule has 0 radical (unpaired) electrons. The van der Waals surface area contributed by atoms with Gasteiger partial charge in [0.15, 0.2) is 0 Å². The van der Waals surface area contributed by atoms with Gasteiger partial charge in [0.2, 0.25) is 0 Å². The second-order valence-electron chi connectivity index (χ2n) is 5.02. The van der Waals surface area contributed by atoms with Crippen LogP contribution in [0.4, 0.5) is 18.9 Å². The summed E-state index contributed by atoms with van der Waals surface area (Å²) in [7, 11) is 0. The van der Waals surface area contributed by atoms with Gasteiger partial charge in [0, 0.05) is 0 Å². The van der Waals surface area contributed by atoms with E-state index in [4.69, 9.17) is 34.8 Å². The summed E-state index contributed by atoms with van der Waals surface area (Å²) < 4.78 is 38.1. The molecule has 0 aromatic heterocycles. The highest BCUT2D eigenvalue weighted by molar-refractivity contribution is 6.42. The van der Waals surface area contributed by atoms with Gasteiger partial charge in [0.1, 0.15) is 0 Å². The first kappa shape index (κ1) is 21.0. The Morgan fingerprint density at radius 1 is 0.926 bits per heavy atom. The first-order valence-electron chi connectivity index (χ1n) is 7.04. The Morgan fingerprint density at radius 2 is 1.59 bits per heavy atom. The van der Waals surface area contributed by atoms with Crippen LogP contribution in [0.3, 0.4) is 0 Å². The van der Waals surface area contributed by atoms with Crippen molar-refractivity contribution in [3.05, 3.63) is 62.6 Å². The van der Waals surface area contributed by atoms with Crippen LogP contribution in [-0.2, 0) is 15.8 Å². The number of hydrogen-bond acceptors (Lipinski definition) is 3. The highest BCUT2D eigenvalue weighted by Crippen LogP contribution is 2.33. The lowest BCUT2D eigenvalue weighted by Gasteiger charge is -2.11. The molecular weight excluding hydrogens is 430 g/mol. The molecule has 11 heteroatoms. The minimum absolute atomic E-state index is 0.163. The summed E-state index contributed by atoms with van der Waals surface area (Å²) in [6, 6.07) is 6.87. The van der Waals surface area contributed by atoms with Crippen molar-refractivity contribution >= 4 is 58.5 Å². The quantitative estimate of drug-likeness (QED) is 0.412. The summed E-state index contributed by atoms with van der Waals surface area (Å²) in [6.45, 7) is 0. The number of benzene rings is 2. The van der Waals surface area contributed by atoms with Crippen LogP contribution in [0.5, 0.6) is 0 Å². The maximum absolute atomic E-state index is 12.7. The summed E-state index contributed by atoms with van der Waals surface area (Å²) in [5.41, 5.74) is 1.03. The van der Waals surface area contributed by atoms with Crippen molar-refractivity contribution < 1.29 is 22.8 Å². The molecule has 27 heavy (non-hydrogen) atoms. The number of anilines is 1. The number of nitrogens with one attached hydrogen (secondary N) is 2. The van der Waals surface area contributed by atoms with E-state index in [1.54, 1.807) is 6.07 Å². The lowest BCUT2D eigenvalue weighted by Crippen LogP contribution is -2.32. The van der Waals surface area contributed by atoms with E-state index in [0.717, 1.165) is 12.1 Å². The molecule has 0 saturated heterocycles. The molecule has 0 heterocycles. The predicted octanol–water partition coefficient (Wildman–Crippen LogP) is 4.75. The molecule has 0 atom stereocenters. The van der Waals surface area contributed by atoms with E-state index in [-0.39, 0.29) is 15.7 Å². The minimum atomic E-state index is -4.63. The van der Waals surface area contributed by atoms with E-state index >= 15 is 0 Å². The highest BCUT2D eigenvalue weighted by atomic mass is 35.5. The summed E-state index contributed by atoms with van der Waals surface area (Å²) >= 11 is 17.3. The molecule has 0 aliphatic carbocycles. The molecular formula is C16H9Cl3F3N3O2. The predicted molar refractivity (Wildman–Crippen MR) is 97.3 cm³/mol. The average molecular weight is 439 g/mol. The van der Waals surface area contributed by atoms with E-state index in [9.17, 15) is 22.8 Å². The van der Waals surface area contributed by atoms with Crippen molar-refractivity contribution in [2.45, 2.75) is 6.18 Å². The van der Waals surface area contributed by atoms with Gasteiger partial charge in [0.25, 0.3) is 0 Å². The Labute approximate surface area is 166 Å². The van der Waals surface area contributed by atoms with Crippen molar-refractivity contribution in [3.63, 3.8) is 0 Å². The number of alkyl halides is 3. The number of nitrogens with zero attached hydrogens (tertiary/aromatic N) is 1. The number of rotatable bonds is 3. The van der Waals surface area contributed by atoms with Gasteiger partial charge in [-0.3, -0.25) is 9.59 Å². The van der Waals surface area contributed by atoms with E-state index in [2.05, 4.69) is 5.10 Å². The third-order valence-corrected chi connectivity index (χ3v) is 4.14. The van der Waals surface area contributed by atoms with Crippen LogP contribution in [0.1, 0.15) is 11.1 Å². The molecule has 5 nitrogen and oxygen atoms in total. The van der Waals surface area contributed by atoms with Crippen molar-refractivity contribution in [1.29, 1.82) is 0 Å². The number of halogens is 6. The molecule has 0 fully saturated rings. The lowest BCUT2D eigenvalue weighted by molar-refractivity contribution is -0.137. The lowest BCUT2D eigenvalue weighted by atomic mass is 10.2. The molecule has 0 saturated carbocycles. The van der Waals surface area contributed by atoms with Crippen molar-refractivity contribution in [1.82, 2.24) is 5.43 Å². The van der Waals surface area contributed by atoms with Gasteiger partial charge in [0.05, 0.1) is 32.5 Å². The Kier molecular flexibility index (Phi) is 6.69. The molecule has 2 N–H and O–H groups in total. The van der Waals surface area contributed by atoms with Gasteiger partial charge >= 0.3 is 18.0 Å². The van der Waals surface area contributed by atoms with Crippen LogP contribution >= 0.6 is 34.8 Å². The van der Waals surface area contributed by atoms with Crippen LogP contribution in [0.2, 0.25) is 15.1 Å². The molecule has 0 aliphatic heterocycles. The minimum Gasteiger partial charge on any atom is -0.316 e. The van der Waals surface area contributed by atoms with Crippen LogP contribution in [0.25, 0.3) is 0 Å². The molecule has 142 valence electrons. The summed E-state index contributed by atoms with van der Waals surface area (Å²) in [5.74, 6) is -2.46. The zero-order chi connectivity index (χ0) is 20.2. The number of amides is 2. The molecule has 0 unspecified atom stereocenters. The molecule has 2 rings (SSSR count). The Bertz CT molecular complexity index is 918. The first-order valence-corrected chi connectivity index (χ1v) is 8.17. The zero-order valence-corrected chi connectivity index (χ0v) is 15.3. The standard InChI is InChI=1S/C16H9Cl3F3N3O2/c17-10-3-1-8(5-12(10)19)7-23-25-15(27)14(26)24-13-6-9(16(20,21)22)2-4-11(13)18/h1-7H,(H,24,26)(H,25,27). The van der Waals surface area contributed by atoms with E-state index in [0.29, 0.717) is 16.7 Å². The third kappa shape index (κ3) is 5.85. The zero-order valence-electron chi connectivity index (χ0n) is 13.1. The molecule has 0 aliphatic rings. The van der Waals surface area contributed by atoms with E-state index < -0.39 is 23.6 Å². The number of carbonyl (C=O) groups excluding carboxylic acids is 2. The Hall–Kier alpha value is -2.29. The van der Waals surface area contributed by atoms with Gasteiger partial charge in [-0.05, 0) is 35.9 Å². The average Bonchev–Trinajstić information content (AvgIpc) is 2.58. The Morgan fingerprint density at radius 3 is 2.22 bits per heavy atom. The maximum Gasteiger partial charge on any atom is 0.416 e. The number of hydrogen-bond donors (Lipinski definition) is 2.